The van der Waals surface area contributed by atoms with Crippen molar-refractivity contribution in [2.24, 2.45) is 5.16 Å². The van der Waals surface area contributed by atoms with Crippen molar-refractivity contribution in [2.45, 2.75) is 37.8 Å². The maximum atomic E-state index is 9.88. The molecule has 0 bridgehead atoms. The molecule has 0 radical (unpaired) electrons. The molecular formula is C19H23ClN2O2. The van der Waals surface area contributed by atoms with Gasteiger partial charge in [0.15, 0.2) is 0 Å². The minimum Gasteiger partial charge on any atom is -0.393 e. The molecule has 2 aliphatic carbocycles. The summed E-state index contributed by atoms with van der Waals surface area (Å²) in [5.41, 5.74) is 3.55. The average Bonchev–Trinajstić information content (AvgIpc) is 3.32. The summed E-state index contributed by atoms with van der Waals surface area (Å²) >= 11 is 0. The monoisotopic (exact) mass is 346 g/mol. The van der Waals surface area contributed by atoms with Crippen molar-refractivity contribution < 1.29 is 9.94 Å². The molecule has 0 saturated heterocycles. The van der Waals surface area contributed by atoms with E-state index in [2.05, 4.69) is 46.9 Å². The van der Waals surface area contributed by atoms with Gasteiger partial charge in [0.2, 0.25) is 0 Å². The highest BCUT2D eigenvalue weighted by Gasteiger charge is 2.22. The van der Waals surface area contributed by atoms with Gasteiger partial charge in [-0.2, -0.15) is 0 Å². The summed E-state index contributed by atoms with van der Waals surface area (Å²) in [7, 11) is 0. The van der Waals surface area contributed by atoms with E-state index in [1.807, 2.05) is 0 Å². The zero-order valence-corrected chi connectivity index (χ0v) is 14.4. The van der Waals surface area contributed by atoms with Crippen LogP contribution in [0.4, 0.5) is 0 Å². The van der Waals surface area contributed by atoms with E-state index in [0.29, 0.717) is 12.6 Å². The molecule has 0 aliphatic heterocycles. The Morgan fingerprint density at radius 1 is 1.17 bits per heavy atom. The maximum Gasteiger partial charge on any atom is 0.144 e. The quantitative estimate of drug-likeness (QED) is 0.790. The maximum absolute atomic E-state index is 9.88. The van der Waals surface area contributed by atoms with E-state index in [9.17, 15) is 5.11 Å². The number of fused-ring (bicyclic) bond motifs is 3. The van der Waals surface area contributed by atoms with Crippen molar-refractivity contribution in [1.29, 1.82) is 0 Å². The van der Waals surface area contributed by atoms with Crippen molar-refractivity contribution in [3.8, 4) is 0 Å². The molecule has 2 aliphatic rings. The van der Waals surface area contributed by atoms with Crippen molar-refractivity contribution in [1.82, 2.24) is 5.32 Å². The van der Waals surface area contributed by atoms with Gasteiger partial charge in [0.25, 0.3) is 0 Å². The van der Waals surface area contributed by atoms with Gasteiger partial charge in [0.1, 0.15) is 12.7 Å². The fourth-order valence-electron chi connectivity index (χ4n) is 3.20. The van der Waals surface area contributed by atoms with Crippen LogP contribution < -0.4 is 5.32 Å². The lowest BCUT2D eigenvalue weighted by molar-refractivity contribution is 0.0401. The molecule has 0 aromatic heterocycles. The van der Waals surface area contributed by atoms with Crippen LogP contribution in [0.1, 0.15) is 30.4 Å². The van der Waals surface area contributed by atoms with Gasteiger partial charge in [-0.15, -0.1) is 12.4 Å². The number of oxime groups is 1. The second kappa shape index (κ2) is 7.51. The Labute approximate surface area is 148 Å². The normalized spacial score (nSPS) is 19.1. The third kappa shape index (κ3) is 3.72. The zero-order chi connectivity index (χ0) is 15.6. The van der Waals surface area contributed by atoms with E-state index in [4.69, 9.17) is 4.84 Å². The predicted octanol–water partition coefficient (Wildman–Crippen LogP) is 3.04. The van der Waals surface area contributed by atoms with Gasteiger partial charge in [0, 0.05) is 18.2 Å². The second-order valence-electron chi connectivity index (χ2n) is 6.48. The fourth-order valence-corrected chi connectivity index (χ4v) is 3.20. The number of aryl methyl sites for hydroxylation is 1. The van der Waals surface area contributed by atoms with Crippen molar-refractivity contribution >= 4 is 28.9 Å². The van der Waals surface area contributed by atoms with Crippen LogP contribution >= 0.6 is 12.4 Å². The summed E-state index contributed by atoms with van der Waals surface area (Å²) in [6.45, 7) is 0.822. The van der Waals surface area contributed by atoms with Crippen LogP contribution in [0.3, 0.4) is 0 Å². The summed E-state index contributed by atoms with van der Waals surface area (Å²) in [6.07, 6.45) is 3.85. The smallest absolute Gasteiger partial charge is 0.144 e. The molecule has 5 heteroatoms. The van der Waals surface area contributed by atoms with E-state index < -0.39 is 6.10 Å². The van der Waals surface area contributed by atoms with E-state index in [1.165, 1.54) is 34.7 Å². The van der Waals surface area contributed by atoms with Crippen LogP contribution in [-0.4, -0.2) is 36.1 Å². The molecule has 0 spiro atoms. The lowest BCUT2D eigenvalue weighted by Gasteiger charge is -2.10. The molecule has 0 amide bonds. The van der Waals surface area contributed by atoms with Gasteiger partial charge in [-0.3, -0.25) is 0 Å². The van der Waals surface area contributed by atoms with Crippen molar-refractivity contribution in [3.05, 3.63) is 47.5 Å². The van der Waals surface area contributed by atoms with Gasteiger partial charge in [-0.25, -0.2) is 0 Å². The molecule has 4 nitrogen and oxygen atoms in total. The SMILES string of the molecule is Cl.OC(CNC1CC1)CO/N=C1/CCc2c1ccc1ccccc21. The van der Waals surface area contributed by atoms with E-state index in [0.717, 1.165) is 18.6 Å². The molecule has 4 rings (SSSR count). The first-order valence-corrected chi connectivity index (χ1v) is 8.42. The molecule has 2 N–H and O–H groups in total. The minimum atomic E-state index is -0.502. The van der Waals surface area contributed by atoms with Gasteiger partial charge in [-0.1, -0.05) is 41.6 Å². The highest BCUT2D eigenvalue weighted by Crippen LogP contribution is 2.30. The number of hydrogen-bond acceptors (Lipinski definition) is 4. The van der Waals surface area contributed by atoms with Crippen LogP contribution in [0, 0.1) is 0 Å². The summed E-state index contributed by atoms with van der Waals surface area (Å²) in [5, 5.41) is 20.0. The predicted molar refractivity (Wildman–Crippen MR) is 99.0 cm³/mol. The molecule has 1 saturated carbocycles. The number of aliphatic hydroxyl groups is 1. The summed E-state index contributed by atoms with van der Waals surface area (Å²) in [6, 6.07) is 13.3. The van der Waals surface area contributed by atoms with E-state index >= 15 is 0 Å². The molecule has 2 aromatic rings. The van der Waals surface area contributed by atoms with Gasteiger partial charge >= 0.3 is 0 Å². The zero-order valence-electron chi connectivity index (χ0n) is 13.6. The second-order valence-corrected chi connectivity index (χ2v) is 6.48. The Morgan fingerprint density at radius 3 is 2.83 bits per heavy atom. The number of benzene rings is 2. The summed E-state index contributed by atoms with van der Waals surface area (Å²) in [4.78, 5) is 5.40. The highest BCUT2D eigenvalue weighted by atomic mass is 35.5. The van der Waals surface area contributed by atoms with E-state index in [1.54, 1.807) is 0 Å². The van der Waals surface area contributed by atoms with Gasteiger partial charge in [0.05, 0.1) is 5.71 Å². The number of hydrogen-bond donors (Lipinski definition) is 2. The summed E-state index contributed by atoms with van der Waals surface area (Å²) < 4.78 is 0. The molecule has 2 aromatic carbocycles. The van der Waals surface area contributed by atoms with Crippen LogP contribution in [-0.2, 0) is 11.3 Å². The third-order valence-electron chi connectivity index (χ3n) is 4.62. The van der Waals surface area contributed by atoms with Crippen molar-refractivity contribution in [3.63, 3.8) is 0 Å². The standard InChI is InChI=1S/C19H22N2O2.ClH/c22-15(11-20-14-6-7-14)12-23-21-19-10-9-17-16-4-2-1-3-13(16)5-8-18(17)19;/h1-5,8,14-15,20,22H,6-7,9-12H2;1H/b21-19-;. The molecule has 1 atom stereocenters. The number of rotatable bonds is 6. The molecular weight excluding hydrogens is 324 g/mol. The highest BCUT2D eigenvalue weighted by molar-refractivity contribution is 6.08. The number of nitrogens with zero attached hydrogens (tertiary/aromatic N) is 1. The van der Waals surface area contributed by atoms with Gasteiger partial charge < -0.3 is 15.3 Å². The van der Waals surface area contributed by atoms with Gasteiger partial charge in [-0.05, 0) is 42.0 Å². The topological polar surface area (TPSA) is 53.8 Å². The number of aliphatic hydroxyl groups excluding tert-OH is 1. The average molecular weight is 347 g/mol. The molecule has 128 valence electrons. The van der Waals surface area contributed by atoms with Crippen LogP contribution in [0.5, 0.6) is 0 Å². The van der Waals surface area contributed by atoms with Crippen LogP contribution in [0.2, 0.25) is 0 Å². The Bertz CT molecular complexity index is 743. The third-order valence-corrected chi connectivity index (χ3v) is 4.62. The van der Waals surface area contributed by atoms with Crippen molar-refractivity contribution in [2.75, 3.05) is 13.2 Å². The van der Waals surface area contributed by atoms with Crippen LogP contribution in [0.15, 0.2) is 41.6 Å². The fraction of sp³-hybridized carbons (Fsp3) is 0.421. The molecule has 0 heterocycles. The molecule has 1 fully saturated rings. The number of halogens is 1. The lowest BCUT2D eigenvalue weighted by Crippen LogP contribution is -2.31. The van der Waals surface area contributed by atoms with Crippen LogP contribution in [0.25, 0.3) is 10.8 Å². The lowest BCUT2D eigenvalue weighted by atomic mass is 10.0. The first-order chi connectivity index (χ1) is 11.3. The Balaban J connectivity index is 0.00000169. The minimum absolute atomic E-state index is 0. The summed E-state index contributed by atoms with van der Waals surface area (Å²) in [5.74, 6) is 0. The Hall–Kier alpha value is -1.62. The first-order valence-electron chi connectivity index (χ1n) is 8.42. The Morgan fingerprint density at radius 2 is 2.00 bits per heavy atom. The number of nitrogens with one attached hydrogen (secondary N) is 1. The molecule has 1 unspecified atom stereocenters. The van der Waals surface area contributed by atoms with E-state index in [-0.39, 0.29) is 19.0 Å². The Kier molecular flexibility index (Phi) is 5.39. The molecule has 24 heavy (non-hydrogen) atoms. The largest absolute Gasteiger partial charge is 0.393 e. The first kappa shape index (κ1) is 17.2.